The van der Waals surface area contributed by atoms with Gasteiger partial charge in [-0.1, -0.05) is 13.8 Å². The van der Waals surface area contributed by atoms with Crippen LogP contribution in [-0.2, 0) is 30.6 Å². The molecule has 0 N–H and O–H groups in total. The van der Waals surface area contributed by atoms with Crippen molar-refractivity contribution in [1.82, 2.24) is 0 Å². The zero-order chi connectivity index (χ0) is 15.4. The smallest absolute Gasteiger partial charge is 0.423 e. The van der Waals surface area contributed by atoms with Crippen molar-refractivity contribution >= 4 is 43.4 Å². The molecule has 6 heteroatoms. The summed E-state index contributed by atoms with van der Waals surface area (Å²) in [5, 5.41) is 1.40. The summed E-state index contributed by atoms with van der Waals surface area (Å²) in [6.45, 7) is 13.4. The number of allylic oxidation sites excluding steroid dienone is 6. The Morgan fingerprint density at radius 1 is 1.26 bits per heavy atom. The first-order chi connectivity index (χ1) is 9.22. The molecule has 2 aliphatic rings. The second-order valence-corrected chi connectivity index (χ2v) is 11.8. The molecule has 0 spiro atoms. The maximum atomic E-state index is 6.36. The fraction of sp³-hybridized carbons (Fsp3) is 0.529. The molecule has 130 valence electrons. The molecule has 0 aromatic carbocycles. The summed E-state index contributed by atoms with van der Waals surface area (Å²) in [4.78, 5) is 0. The van der Waals surface area contributed by atoms with Crippen molar-refractivity contribution in [3.63, 3.8) is 0 Å². The molecule has 0 fully saturated rings. The summed E-state index contributed by atoms with van der Waals surface area (Å²) in [5.74, 6) is 0. The molecule has 1 unspecified atom stereocenters. The third-order valence-electron chi connectivity index (χ3n) is 3.68. The molecule has 0 bridgehead atoms. The third kappa shape index (κ3) is 8.65. The monoisotopic (exact) mass is 466 g/mol. The molecule has 0 saturated carbocycles. The predicted molar refractivity (Wildman–Crippen MR) is 109 cm³/mol. The van der Waals surface area contributed by atoms with E-state index in [2.05, 4.69) is 58.6 Å². The fourth-order valence-electron chi connectivity index (χ4n) is 2.47. The Balaban J connectivity index is -0.000000431. The van der Waals surface area contributed by atoms with Crippen LogP contribution in [0.4, 0.5) is 0 Å². The van der Waals surface area contributed by atoms with Crippen LogP contribution in [0.2, 0.25) is 19.6 Å². The zero-order valence-corrected chi connectivity index (χ0v) is 22.5. The summed E-state index contributed by atoms with van der Waals surface area (Å²) in [6.07, 6.45) is 14.6. The van der Waals surface area contributed by atoms with E-state index in [0.29, 0.717) is 0 Å². The van der Waals surface area contributed by atoms with Gasteiger partial charge in [-0.05, 0) is 36.3 Å². The molecule has 2 rings (SSSR count). The van der Waals surface area contributed by atoms with Crippen LogP contribution in [0.1, 0.15) is 33.6 Å². The summed E-state index contributed by atoms with van der Waals surface area (Å²) in [5.41, 5.74) is 2.62. The maximum absolute atomic E-state index is 6.36. The first-order valence-electron chi connectivity index (χ1n) is 7.44. The van der Waals surface area contributed by atoms with Gasteiger partial charge in [-0.15, -0.1) is 43.7 Å². The van der Waals surface area contributed by atoms with Crippen LogP contribution in [0.15, 0.2) is 34.6 Å². The van der Waals surface area contributed by atoms with E-state index < -0.39 is 8.32 Å². The second kappa shape index (κ2) is 12.2. The molecule has 0 aromatic heterocycles. The molecule has 23 heavy (non-hydrogen) atoms. The van der Waals surface area contributed by atoms with Crippen LogP contribution < -0.4 is 0 Å². The molecule has 0 amide bonds. The first kappa shape index (κ1) is 28.6. The first-order valence-corrected chi connectivity index (χ1v) is 11.8. The van der Waals surface area contributed by atoms with Gasteiger partial charge in [-0.3, -0.25) is 6.08 Å². The van der Waals surface area contributed by atoms with E-state index in [4.69, 9.17) is 4.43 Å². The molecular formula is C17H30Cl2OSi2Zr. The van der Waals surface area contributed by atoms with Crippen molar-refractivity contribution in [2.75, 3.05) is 0 Å². The van der Waals surface area contributed by atoms with Crippen LogP contribution in [0, 0.1) is 12.2 Å². The summed E-state index contributed by atoms with van der Waals surface area (Å²) >= 11 is 0. The zero-order valence-electron chi connectivity index (χ0n) is 15.4. The van der Waals surface area contributed by atoms with Crippen molar-refractivity contribution < 1.29 is 30.6 Å². The van der Waals surface area contributed by atoms with E-state index in [9.17, 15) is 0 Å². The van der Waals surface area contributed by atoms with Gasteiger partial charge < -0.3 is 4.43 Å². The predicted octanol–water partition coefficient (Wildman–Crippen LogP) is 4.54. The van der Waals surface area contributed by atoms with Crippen molar-refractivity contribution in [3.05, 3.63) is 46.7 Å². The van der Waals surface area contributed by atoms with Crippen LogP contribution in [-0.4, -0.2) is 24.2 Å². The average molecular weight is 469 g/mol. The minimum atomic E-state index is -1.51. The van der Waals surface area contributed by atoms with Crippen molar-refractivity contribution in [2.24, 2.45) is 0 Å². The Kier molecular flexibility index (Phi) is 15.2. The minimum absolute atomic E-state index is 0. The van der Waals surface area contributed by atoms with Crippen LogP contribution in [0.3, 0.4) is 0 Å². The van der Waals surface area contributed by atoms with Crippen LogP contribution in [0.5, 0.6) is 0 Å². The summed E-state index contributed by atoms with van der Waals surface area (Å²) in [6, 6.07) is 0. The van der Waals surface area contributed by atoms with E-state index in [1.165, 1.54) is 16.3 Å². The maximum Gasteiger partial charge on any atom is 2.00 e. The molecule has 1 atom stereocenters. The Bertz CT molecular complexity index is 469. The van der Waals surface area contributed by atoms with Gasteiger partial charge in [-0.25, -0.2) is 23.4 Å². The van der Waals surface area contributed by atoms with Gasteiger partial charge in [0.1, 0.15) is 0 Å². The Morgan fingerprint density at radius 3 is 2.04 bits per heavy atom. The largest absolute Gasteiger partial charge is 2.00 e. The van der Waals surface area contributed by atoms with E-state index in [0.717, 1.165) is 23.1 Å². The summed E-state index contributed by atoms with van der Waals surface area (Å²) < 4.78 is 6.36. The molecule has 0 radical (unpaired) electrons. The topological polar surface area (TPSA) is 9.23 Å². The van der Waals surface area contributed by atoms with Crippen molar-refractivity contribution in [2.45, 2.75) is 58.9 Å². The number of hydrogen-bond donors (Lipinski definition) is 0. The Morgan fingerprint density at radius 2 is 1.83 bits per heavy atom. The molecule has 0 saturated heterocycles. The normalized spacial score (nSPS) is 21.7. The SMILES string of the molecule is CCC1(O[Si](C)(C)C)[C-]=C([SiH3])C(C)=C1C.Cl.Cl.[C-]1=CC=CC1.[Zr+2]. The van der Waals surface area contributed by atoms with E-state index >= 15 is 0 Å². The molecule has 2 aliphatic carbocycles. The van der Waals surface area contributed by atoms with Gasteiger partial charge in [0.25, 0.3) is 0 Å². The minimum Gasteiger partial charge on any atom is -0.423 e. The van der Waals surface area contributed by atoms with Gasteiger partial charge in [0.05, 0.1) is 0 Å². The third-order valence-corrected chi connectivity index (χ3v) is 5.65. The molecular weight excluding hydrogens is 438 g/mol. The van der Waals surface area contributed by atoms with Crippen molar-refractivity contribution in [1.29, 1.82) is 0 Å². The molecule has 0 aliphatic heterocycles. The number of rotatable bonds is 3. The molecule has 1 nitrogen and oxygen atoms in total. The standard InChI is InChI=1S/C12H23OSi2.C5H5.2ClH.Zr/c1-7-12(13-15(4,5)6)8-11(14)9(2)10(12)3;1-2-4-5-3-1;;;/h7H2,1-6,14H3;1-3H,4H2;2*1H;/q2*-1;;;+2. The summed E-state index contributed by atoms with van der Waals surface area (Å²) in [7, 11) is -0.436. The van der Waals surface area contributed by atoms with Gasteiger partial charge in [-0.2, -0.15) is 11.6 Å². The Hall–Kier alpha value is 0.817. The fourth-order valence-corrected chi connectivity index (χ4v) is 4.64. The van der Waals surface area contributed by atoms with E-state index in [1.807, 2.05) is 12.2 Å². The number of halogens is 2. The van der Waals surface area contributed by atoms with Gasteiger partial charge in [0.2, 0.25) is 0 Å². The number of hydrogen-bond acceptors (Lipinski definition) is 1. The van der Waals surface area contributed by atoms with Gasteiger partial charge >= 0.3 is 26.2 Å². The van der Waals surface area contributed by atoms with E-state index in [1.54, 1.807) is 0 Å². The quantitative estimate of drug-likeness (QED) is 0.437. The van der Waals surface area contributed by atoms with Crippen LogP contribution >= 0.6 is 24.8 Å². The Labute approximate surface area is 178 Å². The van der Waals surface area contributed by atoms with Crippen molar-refractivity contribution in [3.8, 4) is 0 Å². The van der Waals surface area contributed by atoms with Gasteiger partial charge in [0, 0.05) is 5.60 Å². The second-order valence-electron chi connectivity index (χ2n) is 6.40. The molecule has 0 heterocycles. The van der Waals surface area contributed by atoms with Crippen LogP contribution in [0.25, 0.3) is 0 Å². The molecule has 0 aromatic rings. The average Bonchev–Trinajstić information content (AvgIpc) is 2.97. The van der Waals surface area contributed by atoms with E-state index in [-0.39, 0.29) is 56.6 Å². The van der Waals surface area contributed by atoms with Gasteiger partial charge in [0.15, 0.2) is 8.32 Å².